The molecule has 2 aliphatic heterocycles. The van der Waals surface area contributed by atoms with Crippen LogP contribution in [0.5, 0.6) is 0 Å². The Morgan fingerprint density at radius 2 is 1.74 bits per heavy atom. The molecule has 134 valence electrons. The number of ether oxygens (including phenoxy) is 1. The molecule has 0 aromatic heterocycles. The average molecular weight is 326 g/mol. The number of carbonyl (C=O) groups is 1. The first-order valence-corrected chi connectivity index (χ1v) is 9.00. The molecule has 2 aliphatic rings. The van der Waals surface area contributed by atoms with Crippen LogP contribution in [0.3, 0.4) is 0 Å². The van der Waals surface area contributed by atoms with Crippen molar-refractivity contribution < 1.29 is 9.53 Å². The molecule has 0 saturated carbocycles. The highest BCUT2D eigenvalue weighted by Gasteiger charge is 2.27. The van der Waals surface area contributed by atoms with E-state index < -0.39 is 0 Å². The maximum atomic E-state index is 11.9. The molecule has 0 atom stereocenters. The Balaban J connectivity index is 1.58. The monoisotopic (exact) mass is 326 g/mol. The minimum absolute atomic E-state index is 0.0727. The van der Waals surface area contributed by atoms with Gasteiger partial charge in [-0.05, 0) is 53.5 Å². The molecule has 2 fully saturated rings. The van der Waals surface area contributed by atoms with Gasteiger partial charge in [0.25, 0.3) is 0 Å². The summed E-state index contributed by atoms with van der Waals surface area (Å²) in [6, 6.07) is 0.742. The predicted molar refractivity (Wildman–Crippen MR) is 92.7 cm³/mol. The summed E-state index contributed by atoms with van der Waals surface area (Å²) in [6.07, 6.45) is 3.47. The van der Waals surface area contributed by atoms with E-state index in [2.05, 4.69) is 26.6 Å². The van der Waals surface area contributed by atoms with E-state index in [9.17, 15) is 4.79 Å². The van der Waals surface area contributed by atoms with E-state index in [0.29, 0.717) is 13.2 Å². The summed E-state index contributed by atoms with van der Waals surface area (Å²) in [7, 11) is 6.27. The number of esters is 1. The second-order valence-electron chi connectivity index (χ2n) is 7.22. The van der Waals surface area contributed by atoms with Gasteiger partial charge in [0.2, 0.25) is 0 Å². The van der Waals surface area contributed by atoms with E-state index in [1.165, 1.54) is 25.9 Å². The number of rotatable bonds is 7. The number of likely N-dealkylation sites (tertiary alicyclic amines) is 1. The molecule has 0 aliphatic carbocycles. The summed E-state index contributed by atoms with van der Waals surface area (Å²) in [5, 5.41) is 0. The van der Waals surface area contributed by atoms with Gasteiger partial charge in [-0.3, -0.25) is 14.6 Å². The summed E-state index contributed by atoms with van der Waals surface area (Å²) >= 11 is 0. The molecular formula is C17H34N4O2. The minimum Gasteiger partial charge on any atom is -0.465 e. The first kappa shape index (κ1) is 18.6. The molecular weight excluding hydrogens is 292 g/mol. The fourth-order valence-corrected chi connectivity index (χ4v) is 3.44. The Kier molecular flexibility index (Phi) is 7.76. The van der Waals surface area contributed by atoms with Gasteiger partial charge in [0.15, 0.2) is 0 Å². The minimum atomic E-state index is -0.0727. The Morgan fingerprint density at radius 1 is 1.09 bits per heavy atom. The highest BCUT2D eigenvalue weighted by atomic mass is 16.5. The summed E-state index contributed by atoms with van der Waals surface area (Å²) < 4.78 is 5.32. The third-order valence-corrected chi connectivity index (χ3v) is 4.98. The SMILES string of the molecule is CN(C)CCCOC(=O)CN1CCN(C2CCN(C)CC2)CC1. The molecule has 0 radical (unpaired) electrons. The predicted octanol–water partition coefficient (Wildman–Crippen LogP) is 0.193. The largest absolute Gasteiger partial charge is 0.465 e. The van der Waals surface area contributed by atoms with Crippen LogP contribution in [0.4, 0.5) is 0 Å². The van der Waals surface area contributed by atoms with E-state index in [1.807, 2.05) is 14.1 Å². The van der Waals surface area contributed by atoms with E-state index in [1.54, 1.807) is 0 Å². The topological polar surface area (TPSA) is 39.3 Å². The van der Waals surface area contributed by atoms with Crippen molar-refractivity contribution in [1.82, 2.24) is 19.6 Å². The number of carbonyl (C=O) groups excluding carboxylic acids is 1. The molecule has 6 heteroatoms. The maximum absolute atomic E-state index is 11.9. The zero-order chi connectivity index (χ0) is 16.7. The van der Waals surface area contributed by atoms with Gasteiger partial charge in [-0.2, -0.15) is 0 Å². The second-order valence-corrected chi connectivity index (χ2v) is 7.22. The summed E-state index contributed by atoms with van der Waals surface area (Å²) in [4.78, 5) is 21.3. The van der Waals surface area contributed by atoms with Crippen LogP contribution in [-0.4, -0.2) is 112 Å². The Morgan fingerprint density at radius 3 is 2.35 bits per heavy atom. The normalized spacial score (nSPS) is 22.6. The van der Waals surface area contributed by atoms with Crippen molar-refractivity contribution in [2.24, 2.45) is 0 Å². The molecule has 0 N–H and O–H groups in total. The molecule has 2 rings (SSSR count). The van der Waals surface area contributed by atoms with Crippen LogP contribution in [0.25, 0.3) is 0 Å². The Labute approximate surface area is 141 Å². The van der Waals surface area contributed by atoms with Crippen molar-refractivity contribution in [1.29, 1.82) is 0 Å². The lowest BCUT2D eigenvalue weighted by Gasteiger charge is -2.42. The average Bonchev–Trinajstić information content (AvgIpc) is 2.53. The fourth-order valence-electron chi connectivity index (χ4n) is 3.44. The van der Waals surface area contributed by atoms with Crippen molar-refractivity contribution in [3.63, 3.8) is 0 Å². The maximum Gasteiger partial charge on any atom is 0.320 e. The van der Waals surface area contributed by atoms with Gasteiger partial charge in [-0.25, -0.2) is 0 Å². The quantitative estimate of drug-likeness (QED) is 0.491. The molecule has 2 heterocycles. The summed E-state index contributed by atoms with van der Waals surface area (Å²) in [5.74, 6) is -0.0727. The van der Waals surface area contributed by atoms with E-state index in [0.717, 1.165) is 45.2 Å². The molecule has 0 unspecified atom stereocenters. The number of piperazine rings is 1. The van der Waals surface area contributed by atoms with Crippen molar-refractivity contribution in [3.05, 3.63) is 0 Å². The highest BCUT2D eigenvalue weighted by Crippen LogP contribution is 2.17. The zero-order valence-electron chi connectivity index (χ0n) is 15.2. The van der Waals surface area contributed by atoms with Crippen LogP contribution in [-0.2, 0) is 9.53 Å². The van der Waals surface area contributed by atoms with Gasteiger partial charge < -0.3 is 14.5 Å². The van der Waals surface area contributed by atoms with Crippen LogP contribution in [0.2, 0.25) is 0 Å². The van der Waals surface area contributed by atoms with E-state index in [-0.39, 0.29) is 5.97 Å². The van der Waals surface area contributed by atoms with E-state index >= 15 is 0 Å². The lowest BCUT2D eigenvalue weighted by atomic mass is 10.0. The van der Waals surface area contributed by atoms with Gasteiger partial charge in [0.1, 0.15) is 0 Å². The number of hydrogen-bond acceptors (Lipinski definition) is 6. The molecule has 0 bridgehead atoms. The molecule has 0 aromatic carbocycles. The van der Waals surface area contributed by atoms with Crippen molar-refractivity contribution >= 4 is 5.97 Å². The first-order chi connectivity index (χ1) is 11.0. The second kappa shape index (κ2) is 9.57. The van der Waals surface area contributed by atoms with Crippen molar-refractivity contribution in [2.75, 3.05) is 80.1 Å². The molecule has 2 saturated heterocycles. The van der Waals surface area contributed by atoms with Crippen molar-refractivity contribution in [3.8, 4) is 0 Å². The van der Waals surface area contributed by atoms with Gasteiger partial charge >= 0.3 is 5.97 Å². The standard InChI is InChI=1S/C17H34N4O2/c1-18(2)7-4-14-23-17(22)15-20-10-12-21(13-11-20)16-5-8-19(3)9-6-16/h16H,4-15H2,1-3H3. The third kappa shape index (κ3) is 6.75. The van der Waals surface area contributed by atoms with Gasteiger partial charge in [-0.15, -0.1) is 0 Å². The number of piperidine rings is 1. The third-order valence-electron chi connectivity index (χ3n) is 4.98. The first-order valence-electron chi connectivity index (χ1n) is 9.00. The molecule has 6 nitrogen and oxygen atoms in total. The zero-order valence-corrected chi connectivity index (χ0v) is 15.2. The van der Waals surface area contributed by atoms with E-state index in [4.69, 9.17) is 4.74 Å². The number of hydrogen-bond donors (Lipinski definition) is 0. The van der Waals surface area contributed by atoms with Crippen LogP contribution in [0.1, 0.15) is 19.3 Å². The van der Waals surface area contributed by atoms with Gasteiger partial charge in [0.05, 0.1) is 13.2 Å². The molecule has 23 heavy (non-hydrogen) atoms. The lowest BCUT2D eigenvalue weighted by Crippen LogP contribution is -2.53. The van der Waals surface area contributed by atoms with Crippen LogP contribution in [0, 0.1) is 0 Å². The Bertz CT molecular complexity index is 349. The summed E-state index contributed by atoms with van der Waals surface area (Å²) in [6.45, 7) is 8.51. The molecule has 0 aromatic rings. The van der Waals surface area contributed by atoms with Crippen LogP contribution in [0.15, 0.2) is 0 Å². The van der Waals surface area contributed by atoms with Crippen molar-refractivity contribution in [2.45, 2.75) is 25.3 Å². The van der Waals surface area contributed by atoms with Crippen LogP contribution < -0.4 is 0 Å². The Hall–Kier alpha value is -0.690. The van der Waals surface area contributed by atoms with Crippen LogP contribution >= 0.6 is 0 Å². The molecule has 0 spiro atoms. The highest BCUT2D eigenvalue weighted by molar-refractivity contribution is 5.71. The summed E-state index contributed by atoms with van der Waals surface area (Å²) in [5.41, 5.74) is 0. The lowest BCUT2D eigenvalue weighted by molar-refractivity contribution is -0.145. The number of nitrogens with zero attached hydrogens (tertiary/aromatic N) is 4. The fraction of sp³-hybridized carbons (Fsp3) is 0.941. The van der Waals surface area contributed by atoms with Gasteiger partial charge in [-0.1, -0.05) is 0 Å². The smallest absolute Gasteiger partial charge is 0.320 e. The van der Waals surface area contributed by atoms with Gasteiger partial charge in [0, 0.05) is 38.8 Å². The molecule has 0 amide bonds.